The molecule has 168 valence electrons. The van der Waals surface area contributed by atoms with Crippen LogP contribution >= 0.6 is 0 Å². The fraction of sp³-hybridized carbons (Fsp3) is 0.261. The number of urea groups is 1. The van der Waals surface area contributed by atoms with Crippen LogP contribution in [0.5, 0.6) is 5.75 Å². The van der Waals surface area contributed by atoms with Gasteiger partial charge in [0.05, 0.1) is 18.7 Å². The van der Waals surface area contributed by atoms with Crippen LogP contribution in [0.2, 0.25) is 0 Å². The molecule has 2 aromatic heterocycles. The topological polar surface area (TPSA) is 106 Å². The highest BCUT2D eigenvalue weighted by atomic mass is 16.5. The van der Waals surface area contributed by atoms with Gasteiger partial charge in [-0.05, 0) is 44.2 Å². The second kappa shape index (κ2) is 9.86. The minimum absolute atomic E-state index is 0.0123. The van der Waals surface area contributed by atoms with Gasteiger partial charge in [0.25, 0.3) is 5.56 Å². The molecule has 2 amide bonds. The molecule has 0 aliphatic rings. The van der Waals surface area contributed by atoms with Gasteiger partial charge < -0.3 is 24.3 Å². The lowest BCUT2D eigenvalue weighted by Gasteiger charge is -2.25. The second-order valence-electron chi connectivity index (χ2n) is 7.16. The summed E-state index contributed by atoms with van der Waals surface area (Å²) in [6.07, 6.45) is 5.18. The second-order valence-corrected chi connectivity index (χ2v) is 7.16. The summed E-state index contributed by atoms with van der Waals surface area (Å²) in [7, 11) is 1.55. The summed E-state index contributed by atoms with van der Waals surface area (Å²) in [5, 5.41) is 13.3. The number of aromatic nitrogens is 2. The number of nitrogens with zero attached hydrogens (tertiary/aromatic N) is 3. The number of hydrogen-bond acceptors (Lipinski definition) is 5. The van der Waals surface area contributed by atoms with Crippen molar-refractivity contribution in [2.24, 2.45) is 7.05 Å². The standard InChI is InChI=1S/C23H26N4O5/c1-4-32-19(28)10-11-24-23(31)27(20-21(29)16(2)15-25(3)22(20)30)18-9-7-8-17(14-18)26-12-5-6-13-26/h5-9,12-15,29H,4,10-11H2,1-3H3,(H,24,31). The smallest absolute Gasteiger partial charge is 0.326 e. The maximum Gasteiger partial charge on any atom is 0.326 e. The predicted molar refractivity (Wildman–Crippen MR) is 121 cm³/mol. The van der Waals surface area contributed by atoms with Crippen LogP contribution in [0, 0.1) is 6.92 Å². The zero-order valence-electron chi connectivity index (χ0n) is 18.2. The number of carbonyl (C=O) groups excluding carboxylic acids is 2. The molecule has 9 heteroatoms. The first-order chi connectivity index (χ1) is 15.3. The van der Waals surface area contributed by atoms with Crippen molar-refractivity contribution in [3.8, 4) is 11.4 Å². The zero-order valence-corrected chi connectivity index (χ0v) is 18.2. The highest BCUT2D eigenvalue weighted by Gasteiger charge is 2.26. The number of benzene rings is 1. The summed E-state index contributed by atoms with van der Waals surface area (Å²) < 4.78 is 8.04. The van der Waals surface area contributed by atoms with Crippen molar-refractivity contribution in [3.05, 3.63) is 70.9 Å². The van der Waals surface area contributed by atoms with Gasteiger partial charge in [0.2, 0.25) is 0 Å². The van der Waals surface area contributed by atoms with Gasteiger partial charge in [-0.15, -0.1) is 0 Å². The van der Waals surface area contributed by atoms with Gasteiger partial charge in [-0.2, -0.15) is 0 Å². The third-order valence-corrected chi connectivity index (χ3v) is 4.84. The predicted octanol–water partition coefficient (Wildman–Crippen LogP) is 2.99. The molecule has 9 nitrogen and oxygen atoms in total. The Bertz CT molecular complexity index is 1170. The molecule has 2 heterocycles. The molecule has 0 fully saturated rings. The van der Waals surface area contributed by atoms with E-state index in [-0.39, 0.29) is 31.0 Å². The van der Waals surface area contributed by atoms with Crippen LogP contribution in [0.4, 0.5) is 16.2 Å². The number of carbonyl (C=O) groups is 2. The first kappa shape index (κ1) is 22.7. The Morgan fingerprint density at radius 2 is 1.91 bits per heavy atom. The maximum atomic E-state index is 13.2. The Morgan fingerprint density at radius 1 is 1.19 bits per heavy atom. The normalized spacial score (nSPS) is 10.6. The van der Waals surface area contributed by atoms with Crippen LogP contribution in [0.1, 0.15) is 18.9 Å². The van der Waals surface area contributed by atoms with E-state index in [1.165, 1.54) is 10.8 Å². The number of anilines is 2. The van der Waals surface area contributed by atoms with E-state index in [4.69, 9.17) is 4.74 Å². The summed E-state index contributed by atoms with van der Waals surface area (Å²) in [4.78, 5) is 38.9. The first-order valence-electron chi connectivity index (χ1n) is 10.2. The molecule has 0 atom stereocenters. The summed E-state index contributed by atoms with van der Waals surface area (Å²) in [6.45, 7) is 3.61. The van der Waals surface area contributed by atoms with Gasteiger partial charge in [0.15, 0.2) is 5.69 Å². The number of esters is 1. The number of rotatable bonds is 7. The van der Waals surface area contributed by atoms with Crippen LogP contribution in [0.3, 0.4) is 0 Å². The molecule has 1 aromatic carbocycles. The molecule has 0 saturated carbocycles. The largest absolute Gasteiger partial charge is 0.505 e. The highest BCUT2D eigenvalue weighted by Crippen LogP contribution is 2.33. The Balaban J connectivity index is 2.04. The van der Waals surface area contributed by atoms with E-state index in [0.29, 0.717) is 11.3 Å². The van der Waals surface area contributed by atoms with E-state index in [9.17, 15) is 19.5 Å². The van der Waals surface area contributed by atoms with Crippen molar-refractivity contribution in [3.63, 3.8) is 0 Å². The minimum Gasteiger partial charge on any atom is -0.505 e. The van der Waals surface area contributed by atoms with E-state index in [2.05, 4.69) is 5.32 Å². The number of aromatic hydroxyl groups is 1. The molecule has 0 aliphatic heterocycles. The van der Waals surface area contributed by atoms with Crippen molar-refractivity contribution in [2.45, 2.75) is 20.3 Å². The number of nitrogens with one attached hydrogen (secondary N) is 1. The molecule has 32 heavy (non-hydrogen) atoms. The summed E-state index contributed by atoms with van der Waals surface area (Å²) in [6, 6.07) is 10.1. The zero-order chi connectivity index (χ0) is 23.3. The third-order valence-electron chi connectivity index (χ3n) is 4.84. The fourth-order valence-electron chi connectivity index (χ4n) is 3.30. The van der Waals surface area contributed by atoms with E-state index < -0.39 is 17.6 Å². The fourth-order valence-corrected chi connectivity index (χ4v) is 3.30. The molecular formula is C23H26N4O5. The van der Waals surface area contributed by atoms with E-state index in [0.717, 1.165) is 10.6 Å². The average Bonchev–Trinajstić information content (AvgIpc) is 3.30. The summed E-state index contributed by atoms with van der Waals surface area (Å²) in [5.74, 6) is -0.733. The van der Waals surface area contributed by atoms with Crippen molar-refractivity contribution in [2.75, 3.05) is 18.1 Å². The SMILES string of the molecule is CCOC(=O)CCNC(=O)N(c1cccc(-n2cccc2)c1)c1c(O)c(C)cn(C)c1=O. The molecule has 0 spiro atoms. The van der Waals surface area contributed by atoms with Crippen molar-refractivity contribution in [1.29, 1.82) is 0 Å². The first-order valence-corrected chi connectivity index (χ1v) is 10.2. The molecule has 3 rings (SSSR count). The number of ether oxygens (including phenoxy) is 1. The lowest BCUT2D eigenvalue weighted by Crippen LogP contribution is -2.41. The Kier molecular flexibility index (Phi) is 6.99. The monoisotopic (exact) mass is 438 g/mol. The Hall–Kier alpha value is -4.01. The quantitative estimate of drug-likeness (QED) is 0.552. The summed E-state index contributed by atoms with van der Waals surface area (Å²) >= 11 is 0. The molecule has 0 saturated heterocycles. The molecule has 0 unspecified atom stereocenters. The molecule has 3 aromatic rings. The lowest BCUT2D eigenvalue weighted by molar-refractivity contribution is -0.142. The number of pyridine rings is 1. The lowest BCUT2D eigenvalue weighted by atomic mass is 10.2. The summed E-state index contributed by atoms with van der Waals surface area (Å²) in [5.41, 5.74) is 0.863. The van der Waals surface area contributed by atoms with Crippen LogP contribution in [0.15, 0.2) is 59.8 Å². The molecule has 0 radical (unpaired) electrons. The van der Waals surface area contributed by atoms with Gasteiger partial charge in [-0.3, -0.25) is 14.5 Å². The minimum atomic E-state index is -0.656. The van der Waals surface area contributed by atoms with E-state index in [1.807, 2.05) is 35.2 Å². The van der Waals surface area contributed by atoms with Crippen LogP contribution in [-0.4, -0.2) is 39.4 Å². The van der Waals surface area contributed by atoms with Gasteiger partial charge >= 0.3 is 12.0 Å². The number of aryl methyl sites for hydroxylation is 2. The van der Waals surface area contributed by atoms with Gasteiger partial charge in [-0.25, -0.2) is 4.79 Å². The number of amides is 2. The highest BCUT2D eigenvalue weighted by molar-refractivity contribution is 6.01. The van der Waals surface area contributed by atoms with Crippen molar-refractivity contribution in [1.82, 2.24) is 14.5 Å². The maximum absolute atomic E-state index is 13.2. The molecule has 0 bridgehead atoms. The Labute approximate surface area is 185 Å². The average molecular weight is 438 g/mol. The molecule has 2 N–H and O–H groups in total. The Morgan fingerprint density at radius 3 is 2.59 bits per heavy atom. The van der Waals surface area contributed by atoms with Crippen LogP contribution in [0.25, 0.3) is 5.69 Å². The van der Waals surface area contributed by atoms with Crippen molar-refractivity contribution >= 4 is 23.4 Å². The van der Waals surface area contributed by atoms with E-state index in [1.54, 1.807) is 39.1 Å². The molecule has 0 aliphatic carbocycles. The third kappa shape index (κ3) is 4.83. The van der Waals surface area contributed by atoms with Gasteiger partial charge in [-0.1, -0.05) is 6.07 Å². The van der Waals surface area contributed by atoms with Gasteiger partial charge in [0.1, 0.15) is 5.75 Å². The van der Waals surface area contributed by atoms with Crippen molar-refractivity contribution < 1.29 is 19.4 Å². The number of hydrogen-bond donors (Lipinski definition) is 2. The van der Waals surface area contributed by atoms with Crippen LogP contribution < -0.4 is 15.8 Å². The van der Waals surface area contributed by atoms with Gasteiger partial charge in [0, 0.05) is 43.4 Å². The molecular weight excluding hydrogens is 412 g/mol. The van der Waals surface area contributed by atoms with E-state index >= 15 is 0 Å². The van der Waals surface area contributed by atoms with Crippen LogP contribution in [-0.2, 0) is 16.6 Å².